The minimum absolute atomic E-state index is 0.00855. The number of benzene rings is 2. The van der Waals surface area contributed by atoms with Gasteiger partial charge < -0.3 is 19.5 Å². The zero-order valence-corrected chi connectivity index (χ0v) is 18.7. The highest BCUT2D eigenvalue weighted by Crippen LogP contribution is 2.24. The van der Waals surface area contributed by atoms with Crippen LogP contribution in [0.4, 0.5) is 0 Å². The molecule has 6 nitrogen and oxygen atoms in total. The minimum atomic E-state index is -0.00855. The van der Waals surface area contributed by atoms with Crippen molar-refractivity contribution in [1.82, 2.24) is 14.8 Å². The van der Waals surface area contributed by atoms with Crippen molar-refractivity contribution in [2.75, 3.05) is 32.8 Å². The lowest BCUT2D eigenvalue weighted by Gasteiger charge is -2.26. The first-order valence-corrected chi connectivity index (χ1v) is 11.5. The summed E-state index contributed by atoms with van der Waals surface area (Å²) in [5, 5.41) is 3.90. The van der Waals surface area contributed by atoms with Gasteiger partial charge in [-0.05, 0) is 43.9 Å². The van der Waals surface area contributed by atoms with Crippen LogP contribution in [0, 0.1) is 0 Å². The molecule has 2 amide bonds. The monoisotopic (exact) mass is 433 g/mol. The summed E-state index contributed by atoms with van der Waals surface area (Å²) in [5.41, 5.74) is 3.70. The molecule has 1 aliphatic rings. The van der Waals surface area contributed by atoms with Crippen molar-refractivity contribution in [1.29, 1.82) is 0 Å². The molecule has 6 heteroatoms. The highest BCUT2D eigenvalue weighted by molar-refractivity contribution is 6.07. The van der Waals surface area contributed by atoms with Crippen LogP contribution >= 0.6 is 0 Å². The number of aromatic nitrogens is 1. The molecule has 0 radical (unpaired) electrons. The number of para-hydroxylation sites is 1. The van der Waals surface area contributed by atoms with Crippen LogP contribution in [0.1, 0.15) is 46.0 Å². The summed E-state index contributed by atoms with van der Waals surface area (Å²) in [6.45, 7) is 5.87. The standard InChI is InChI=1S/C26H31N3O3/c1-2-27-25(30)21-11-4-3-9-20(21)10-7-8-14-29-19-23(22-12-5-6-13-24(22)29)26(31)28-15-17-32-18-16-28/h3-6,9,11-13,19H,2,7-8,10,14-18H2,1H3,(H,27,30). The molecule has 0 atom stereocenters. The lowest BCUT2D eigenvalue weighted by Crippen LogP contribution is -2.40. The van der Waals surface area contributed by atoms with Crippen LogP contribution in [-0.2, 0) is 17.7 Å². The van der Waals surface area contributed by atoms with Gasteiger partial charge in [-0.1, -0.05) is 36.4 Å². The van der Waals surface area contributed by atoms with Gasteiger partial charge >= 0.3 is 0 Å². The second-order valence-electron chi connectivity index (χ2n) is 8.13. The highest BCUT2D eigenvalue weighted by Gasteiger charge is 2.22. The summed E-state index contributed by atoms with van der Waals surface area (Å²) in [6, 6.07) is 15.9. The number of carbonyl (C=O) groups is 2. The molecule has 32 heavy (non-hydrogen) atoms. The summed E-state index contributed by atoms with van der Waals surface area (Å²) >= 11 is 0. The molecular formula is C26H31N3O3. The Kier molecular flexibility index (Phi) is 7.22. The molecule has 0 aliphatic carbocycles. The number of nitrogens with zero attached hydrogens (tertiary/aromatic N) is 2. The largest absolute Gasteiger partial charge is 0.378 e. The van der Waals surface area contributed by atoms with Crippen molar-refractivity contribution >= 4 is 22.7 Å². The van der Waals surface area contributed by atoms with Gasteiger partial charge in [-0.2, -0.15) is 0 Å². The van der Waals surface area contributed by atoms with Crippen LogP contribution in [0.15, 0.2) is 54.7 Å². The van der Waals surface area contributed by atoms with Crippen LogP contribution in [0.5, 0.6) is 0 Å². The van der Waals surface area contributed by atoms with Gasteiger partial charge in [-0.25, -0.2) is 0 Å². The molecule has 3 aromatic rings. The van der Waals surface area contributed by atoms with Crippen LogP contribution in [0.3, 0.4) is 0 Å². The van der Waals surface area contributed by atoms with E-state index in [0.29, 0.717) is 32.8 Å². The average molecular weight is 434 g/mol. The van der Waals surface area contributed by atoms with Crippen molar-refractivity contribution in [2.24, 2.45) is 0 Å². The molecule has 0 saturated carbocycles. The first kappa shape index (κ1) is 22.1. The molecule has 2 heterocycles. The van der Waals surface area contributed by atoms with Crippen molar-refractivity contribution in [3.63, 3.8) is 0 Å². The number of morpholine rings is 1. The van der Waals surface area contributed by atoms with Crippen LogP contribution in [0.2, 0.25) is 0 Å². The SMILES string of the molecule is CCNC(=O)c1ccccc1CCCCn1cc(C(=O)N2CCOCC2)c2ccccc21. The molecule has 1 N–H and O–H groups in total. The number of nitrogens with one attached hydrogen (secondary N) is 1. The van der Waals surface area contributed by atoms with E-state index in [1.54, 1.807) is 0 Å². The Bertz CT molecular complexity index is 1080. The Morgan fingerprint density at radius 3 is 2.53 bits per heavy atom. The lowest BCUT2D eigenvalue weighted by molar-refractivity contribution is 0.0304. The molecule has 1 saturated heterocycles. The molecule has 2 aromatic carbocycles. The van der Waals surface area contributed by atoms with E-state index in [1.165, 1.54) is 0 Å². The topological polar surface area (TPSA) is 63.6 Å². The van der Waals surface area contributed by atoms with Crippen molar-refractivity contribution in [3.05, 3.63) is 71.4 Å². The first-order chi connectivity index (χ1) is 15.7. The number of aryl methyl sites for hydroxylation is 2. The molecule has 4 rings (SSSR count). The normalized spacial score (nSPS) is 14.0. The summed E-state index contributed by atoms with van der Waals surface area (Å²) in [5.74, 6) is 0.0740. The Morgan fingerprint density at radius 1 is 0.969 bits per heavy atom. The third-order valence-corrected chi connectivity index (χ3v) is 6.01. The number of hydrogen-bond acceptors (Lipinski definition) is 3. The second-order valence-corrected chi connectivity index (χ2v) is 8.13. The molecule has 0 spiro atoms. The van der Waals surface area contributed by atoms with Gasteiger partial charge in [0.2, 0.25) is 0 Å². The summed E-state index contributed by atoms with van der Waals surface area (Å²) in [4.78, 5) is 27.3. The molecular weight excluding hydrogens is 402 g/mol. The van der Waals surface area contributed by atoms with Crippen LogP contribution < -0.4 is 5.32 Å². The maximum Gasteiger partial charge on any atom is 0.256 e. The Balaban J connectivity index is 1.43. The van der Waals surface area contributed by atoms with Gasteiger partial charge in [0.25, 0.3) is 11.8 Å². The molecule has 1 fully saturated rings. The zero-order chi connectivity index (χ0) is 22.3. The number of fused-ring (bicyclic) bond motifs is 1. The third-order valence-electron chi connectivity index (χ3n) is 6.01. The van der Waals surface area contributed by atoms with Gasteiger partial charge in [-0.15, -0.1) is 0 Å². The number of ether oxygens (including phenoxy) is 1. The van der Waals surface area contributed by atoms with Crippen LogP contribution in [-0.4, -0.2) is 54.1 Å². The highest BCUT2D eigenvalue weighted by atomic mass is 16.5. The summed E-state index contributed by atoms with van der Waals surface area (Å²) in [6.07, 6.45) is 4.79. The first-order valence-electron chi connectivity index (χ1n) is 11.5. The summed E-state index contributed by atoms with van der Waals surface area (Å²) in [7, 11) is 0. The molecule has 1 aromatic heterocycles. The molecule has 168 valence electrons. The third kappa shape index (κ3) is 4.86. The number of rotatable bonds is 8. The van der Waals surface area contributed by atoms with E-state index < -0.39 is 0 Å². The minimum Gasteiger partial charge on any atom is -0.378 e. The van der Waals surface area contributed by atoms with Crippen molar-refractivity contribution < 1.29 is 14.3 Å². The number of hydrogen-bond donors (Lipinski definition) is 1. The van der Waals surface area contributed by atoms with Crippen molar-refractivity contribution in [2.45, 2.75) is 32.7 Å². The molecule has 1 aliphatic heterocycles. The fourth-order valence-electron chi connectivity index (χ4n) is 4.35. The average Bonchev–Trinajstić information content (AvgIpc) is 3.21. The van der Waals surface area contributed by atoms with E-state index in [-0.39, 0.29) is 11.8 Å². The molecule has 0 bridgehead atoms. The van der Waals surface area contributed by atoms with E-state index in [9.17, 15) is 9.59 Å². The fraction of sp³-hybridized carbons (Fsp3) is 0.385. The zero-order valence-electron chi connectivity index (χ0n) is 18.7. The second kappa shape index (κ2) is 10.5. The van der Waals surface area contributed by atoms with E-state index in [4.69, 9.17) is 4.74 Å². The molecule has 0 unspecified atom stereocenters. The van der Waals surface area contributed by atoms with Gasteiger partial charge in [0.05, 0.1) is 18.8 Å². The quantitative estimate of drug-likeness (QED) is 0.548. The Morgan fingerprint density at radius 2 is 1.72 bits per heavy atom. The van der Waals surface area contributed by atoms with E-state index in [1.807, 2.05) is 60.5 Å². The van der Waals surface area contributed by atoms with Gasteiger partial charge in [0, 0.05) is 48.8 Å². The fourth-order valence-corrected chi connectivity index (χ4v) is 4.35. The predicted octanol–water partition coefficient (Wildman–Crippen LogP) is 3.89. The van der Waals surface area contributed by atoms with Gasteiger partial charge in [-0.3, -0.25) is 9.59 Å². The number of carbonyl (C=O) groups excluding carboxylic acids is 2. The van der Waals surface area contributed by atoms with Gasteiger partial charge in [0.15, 0.2) is 0 Å². The smallest absolute Gasteiger partial charge is 0.256 e. The Hall–Kier alpha value is -3.12. The van der Waals surface area contributed by atoms with E-state index in [2.05, 4.69) is 16.0 Å². The predicted molar refractivity (Wildman–Crippen MR) is 126 cm³/mol. The summed E-state index contributed by atoms with van der Waals surface area (Å²) < 4.78 is 7.59. The van der Waals surface area contributed by atoms with Crippen LogP contribution in [0.25, 0.3) is 10.9 Å². The number of amides is 2. The maximum atomic E-state index is 13.1. The maximum absolute atomic E-state index is 13.1. The lowest BCUT2D eigenvalue weighted by atomic mass is 10.0. The van der Waals surface area contributed by atoms with Gasteiger partial charge in [0.1, 0.15) is 0 Å². The Labute approximate surface area is 189 Å². The van der Waals surface area contributed by atoms with Crippen molar-refractivity contribution in [3.8, 4) is 0 Å². The number of unbranched alkanes of at least 4 members (excludes halogenated alkanes) is 1. The van der Waals surface area contributed by atoms with E-state index >= 15 is 0 Å². The van der Waals surface area contributed by atoms with E-state index in [0.717, 1.165) is 53.4 Å².